The fourth-order valence-electron chi connectivity index (χ4n) is 5.97. The Balaban J connectivity index is 1.21. The smallest absolute Gasteiger partial charge is 0.326 e. The fraction of sp³-hybridized carbons (Fsp3) is 0.393. The lowest BCUT2D eigenvalue weighted by atomic mass is 9.86. The number of likely N-dealkylation sites (tertiary alicyclic amines) is 1. The van der Waals surface area contributed by atoms with Crippen molar-refractivity contribution in [2.45, 2.75) is 37.2 Å². The van der Waals surface area contributed by atoms with Crippen molar-refractivity contribution >= 4 is 35.3 Å². The summed E-state index contributed by atoms with van der Waals surface area (Å²) in [5, 5.41) is 9.66. The molecule has 0 aliphatic carbocycles. The third kappa shape index (κ3) is 4.86. The molecule has 4 heterocycles. The number of piperidine rings is 1. The molecule has 3 unspecified atom stereocenters. The molecule has 204 valence electrons. The average Bonchev–Trinajstić information content (AvgIpc) is 3.55. The largest absolute Gasteiger partial charge is 0.457 e. The van der Waals surface area contributed by atoms with Gasteiger partial charge in [-0.15, -0.1) is 0 Å². The SMILES string of the molecule is Cc1cc(Oc2ccccc2)ccc1N1C(=O)NC2=C(C(=O)N[C@@H]3CCN(C(=O)CN)C3)SC3NCCC1C23. The number of carbonyl (C=O) groups excluding carboxylic acids is 3. The number of anilines is 1. The highest BCUT2D eigenvalue weighted by molar-refractivity contribution is 8.04. The highest BCUT2D eigenvalue weighted by atomic mass is 32.2. The van der Waals surface area contributed by atoms with E-state index in [1.807, 2.05) is 60.4 Å². The van der Waals surface area contributed by atoms with Gasteiger partial charge in [0.2, 0.25) is 5.91 Å². The molecular formula is C28H32N6O4S. The maximum Gasteiger partial charge on any atom is 0.326 e. The van der Waals surface area contributed by atoms with Crippen molar-refractivity contribution in [3.05, 3.63) is 64.7 Å². The van der Waals surface area contributed by atoms with Crippen LogP contribution in [0.5, 0.6) is 11.5 Å². The molecule has 0 bridgehead atoms. The van der Waals surface area contributed by atoms with E-state index in [1.54, 1.807) is 4.90 Å². The van der Waals surface area contributed by atoms with Gasteiger partial charge < -0.3 is 31.3 Å². The summed E-state index contributed by atoms with van der Waals surface area (Å²) in [4.78, 5) is 42.9. The second kappa shape index (κ2) is 10.6. The van der Waals surface area contributed by atoms with Gasteiger partial charge in [0.1, 0.15) is 11.5 Å². The van der Waals surface area contributed by atoms with E-state index in [-0.39, 0.29) is 47.8 Å². The number of thioether (sulfide) groups is 1. The molecule has 10 nitrogen and oxygen atoms in total. The number of hydrogen-bond acceptors (Lipinski definition) is 7. The van der Waals surface area contributed by atoms with Crippen LogP contribution in [0.4, 0.5) is 10.5 Å². The van der Waals surface area contributed by atoms with Crippen LogP contribution in [0.1, 0.15) is 18.4 Å². The third-order valence-corrected chi connectivity index (χ3v) is 9.16. The first-order chi connectivity index (χ1) is 18.9. The molecule has 0 aromatic heterocycles. The molecule has 0 radical (unpaired) electrons. The van der Waals surface area contributed by atoms with Crippen molar-refractivity contribution in [3.8, 4) is 11.5 Å². The topological polar surface area (TPSA) is 129 Å². The number of nitrogens with one attached hydrogen (secondary N) is 3. The summed E-state index contributed by atoms with van der Waals surface area (Å²) >= 11 is 1.48. The molecule has 2 aromatic rings. The molecule has 3 fully saturated rings. The molecule has 39 heavy (non-hydrogen) atoms. The van der Waals surface area contributed by atoms with Gasteiger partial charge in [0.05, 0.1) is 22.9 Å². The van der Waals surface area contributed by atoms with Gasteiger partial charge >= 0.3 is 6.03 Å². The molecule has 0 saturated carbocycles. The standard InChI is InChI=1S/C28H32N6O4S/c1-16-13-19(38-18-5-3-2-4-6-18)7-8-20(16)34-21-9-11-30-27-23(21)24(32-28(34)37)25(39-27)26(36)31-17-10-12-33(15-17)22(35)14-29/h2-8,13,17,21,23,27,30H,9-12,14-15,29H2,1H3,(H,31,36)(H,32,37)/t17-,21?,23?,27?/m1/s1. The Bertz CT molecular complexity index is 1330. The molecule has 6 rings (SSSR count). The minimum atomic E-state index is -0.236. The van der Waals surface area contributed by atoms with Gasteiger partial charge in [0, 0.05) is 36.4 Å². The number of nitrogens with zero attached hydrogens (tertiary/aromatic N) is 2. The predicted octanol–water partition coefficient (Wildman–Crippen LogP) is 2.26. The lowest BCUT2D eigenvalue weighted by molar-refractivity contribution is -0.129. The molecule has 2 aromatic carbocycles. The summed E-state index contributed by atoms with van der Waals surface area (Å²) in [6.07, 6.45) is 1.45. The monoisotopic (exact) mass is 548 g/mol. The minimum absolute atomic E-state index is 0.0116. The van der Waals surface area contributed by atoms with E-state index in [1.165, 1.54) is 11.8 Å². The molecule has 4 atom stereocenters. The Labute approximate surface area is 231 Å². The summed E-state index contributed by atoms with van der Waals surface area (Å²) in [5.74, 6) is 1.10. The molecule has 11 heteroatoms. The quantitative estimate of drug-likeness (QED) is 0.436. The number of nitrogens with two attached hydrogens (primary N) is 1. The molecule has 0 spiro atoms. The highest BCUT2D eigenvalue weighted by Gasteiger charge is 2.52. The van der Waals surface area contributed by atoms with Gasteiger partial charge in [-0.2, -0.15) is 0 Å². The van der Waals surface area contributed by atoms with Crippen LogP contribution in [-0.4, -0.2) is 66.4 Å². The number of urea groups is 1. The molecular weight excluding hydrogens is 516 g/mol. The van der Waals surface area contributed by atoms with Crippen LogP contribution in [0.2, 0.25) is 0 Å². The van der Waals surface area contributed by atoms with Gasteiger partial charge in [-0.1, -0.05) is 30.0 Å². The van der Waals surface area contributed by atoms with E-state index >= 15 is 0 Å². The van der Waals surface area contributed by atoms with E-state index in [0.29, 0.717) is 35.9 Å². The van der Waals surface area contributed by atoms with E-state index in [0.717, 1.165) is 30.0 Å². The van der Waals surface area contributed by atoms with Crippen molar-refractivity contribution < 1.29 is 19.1 Å². The Morgan fingerprint density at radius 3 is 2.74 bits per heavy atom. The van der Waals surface area contributed by atoms with E-state index < -0.39 is 0 Å². The third-order valence-electron chi connectivity index (χ3n) is 7.80. The number of amides is 4. The Hall–Kier alpha value is -3.54. The van der Waals surface area contributed by atoms with Gasteiger partial charge in [0.15, 0.2) is 0 Å². The zero-order chi connectivity index (χ0) is 27.1. The summed E-state index contributed by atoms with van der Waals surface area (Å²) in [5.41, 5.74) is 7.94. The van der Waals surface area contributed by atoms with Gasteiger partial charge in [0.25, 0.3) is 5.91 Å². The second-order valence-electron chi connectivity index (χ2n) is 10.3. The van der Waals surface area contributed by atoms with Gasteiger partial charge in [-0.05, 0) is 62.2 Å². The number of ether oxygens (including phenoxy) is 1. The molecule has 4 aliphatic heterocycles. The Morgan fingerprint density at radius 1 is 1.15 bits per heavy atom. The van der Waals surface area contributed by atoms with Crippen LogP contribution < -0.4 is 31.3 Å². The van der Waals surface area contributed by atoms with E-state index in [2.05, 4.69) is 16.0 Å². The van der Waals surface area contributed by atoms with E-state index in [9.17, 15) is 14.4 Å². The zero-order valence-corrected chi connectivity index (χ0v) is 22.5. The lowest BCUT2D eigenvalue weighted by Gasteiger charge is -2.46. The normalized spacial score (nSPS) is 25.8. The van der Waals surface area contributed by atoms with Crippen LogP contribution in [0.3, 0.4) is 0 Å². The minimum Gasteiger partial charge on any atom is -0.457 e. The number of benzene rings is 2. The average molecular weight is 549 g/mol. The van der Waals surface area contributed by atoms with Crippen molar-refractivity contribution in [2.75, 3.05) is 31.1 Å². The maximum absolute atomic E-state index is 13.6. The summed E-state index contributed by atoms with van der Waals surface area (Å²) in [6, 6.07) is 14.9. The van der Waals surface area contributed by atoms with Crippen LogP contribution in [0.15, 0.2) is 59.1 Å². The highest BCUT2D eigenvalue weighted by Crippen LogP contribution is 2.48. The molecule has 3 saturated heterocycles. The van der Waals surface area contributed by atoms with Gasteiger partial charge in [-0.25, -0.2) is 4.79 Å². The van der Waals surface area contributed by atoms with Gasteiger partial charge in [-0.3, -0.25) is 14.5 Å². The lowest BCUT2D eigenvalue weighted by Crippen LogP contribution is -2.62. The fourth-order valence-corrected chi connectivity index (χ4v) is 7.37. The van der Waals surface area contributed by atoms with Crippen molar-refractivity contribution in [3.63, 3.8) is 0 Å². The van der Waals surface area contributed by atoms with Crippen molar-refractivity contribution in [1.29, 1.82) is 0 Å². The van der Waals surface area contributed by atoms with Crippen LogP contribution in [0, 0.1) is 12.8 Å². The molecule has 5 N–H and O–H groups in total. The van der Waals surface area contributed by atoms with Crippen molar-refractivity contribution in [1.82, 2.24) is 20.9 Å². The Kier molecular flexibility index (Phi) is 6.96. The van der Waals surface area contributed by atoms with Crippen LogP contribution in [0.25, 0.3) is 0 Å². The van der Waals surface area contributed by atoms with Crippen molar-refractivity contribution in [2.24, 2.45) is 11.7 Å². The summed E-state index contributed by atoms with van der Waals surface area (Å²) in [7, 11) is 0. The maximum atomic E-state index is 13.6. The summed E-state index contributed by atoms with van der Waals surface area (Å²) < 4.78 is 5.99. The molecule has 4 aliphatic rings. The number of aryl methyl sites for hydroxylation is 1. The Morgan fingerprint density at radius 2 is 1.97 bits per heavy atom. The second-order valence-corrected chi connectivity index (χ2v) is 11.4. The first-order valence-electron chi connectivity index (χ1n) is 13.3. The van der Waals surface area contributed by atoms with Crippen LogP contribution >= 0.6 is 11.8 Å². The number of rotatable bonds is 6. The summed E-state index contributed by atoms with van der Waals surface area (Å²) in [6.45, 7) is 3.72. The number of hydrogen-bond donors (Lipinski definition) is 4. The number of para-hydroxylation sites is 1. The number of carbonyl (C=O) groups is 3. The zero-order valence-electron chi connectivity index (χ0n) is 21.7. The van der Waals surface area contributed by atoms with E-state index in [4.69, 9.17) is 10.5 Å². The first kappa shape index (κ1) is 25.7. The predicted molar refractivity (Wildman–Crippen MR) is 149 cm³/mol. The first-order valence-corrected chi connectivity index (χ1v) is 14.2. The molecule has 4 amide bonds. The van der Waals surface area contributed by atoms with Crippen LogP contribution in [-0.2, 0) is 9.59 Å².